The van der Waals surface area contributed by atoms with Crippen molar-refractivity contribution in [3.8, 4) is 5.75 Å². The lowest BCUT2D eigenvalue weighted by Crippen LogP contribution is -2.26. The van der Waals surface area contributed by atoms with Gasteiger partial charge in [0.05, 0.1) is 19.3 Å². The third-order valence-electron chi connectivity index (χ3n) is 4.03. The van der Waals surface area contributed by atoms with Gasteiger partial charge in [0.25, 0.3) is 0 Å². The summed E-state index contributed by atoms with van der Waals surface area (Å²) in [6, 6.07) is 14.0. The summed E-state index contributed by atoms with van der Waals surface area (Å²) in [6.07, 6.45) is -0.331. The predicted molar refractivity (Wildman–Crippen MR) is 92.9 cm³/mol. The summed E-state index contributed by atoms with van der Waals surface area (Å²) in [5.74, 6) is -0.601. The van der Waals surface area contributed by atoms with Gasteiger partial charge in [-0.1, -0.05) is 23.7 Å². The largest absolute Gasteiger partial charge is 0.497 e. The Hall–Kier alpha value is -2.08. The minimum absolute atomic E-state index is 0.119. The lowest BCUT2D eigenvalue weighted by molar-refractivity contribution is -0.165. The van der Waals surface area contributed by atoms with Gasteiger partial charge >= 0.3 is 5.97 Å². The number of carbonyl (C=O) groups excluding carboxylic acids is 1. The van der Waals surface area contributed by atoms with Crippen molar-refractivity contribution >= 4 is 17.6 Å². The molecule has 0 unspecified atom stereocenters. The number of rotatable bonds is 5. The lowest BCUT2D eigenvalue weighted by atomic mass is 10.1. The Bertz CT molecular complexity index is 728. The van der Waals surface area contributed by atoms with Crippen LogP contribution in [-0.4, -0.2) is 32.4 Å². The van der Waals surface area contributed by atoms with E-state index in [-0.39, 0.29) is 12.7 Å². The standard InChI is InChI=1S/C19H19ClO5/c1-19(14-5-7-15(20)8-6-14)24-12-17(25-19)11-23-18(21)13-3-9-16(22-2)10-4-13/h3-10,17H,11-12H2,1-2H3/t17-,19-/m1/s1. The molecule has 5 nitrogen and oxygen atoms in total. The number of hydrogen-bond donors (Lipinski definition) is 0. The second kappa shape index (κ2) is 7.44. The van der Waals surface area contributed by atoms with Crippen molar-refractivity contribution in [2.45, 2.75) is 18.8 Å². The zero-order valence-corrected chi connectivity index (χ0v) is 14.8. The molecule has 0 bridgehead atoms. The van der Waals surface area contributed by atoms with Crippen molar-refractivity contribution in [1.29, 1.82) is 0 Å². The average Bonchev–Trinajstić information content (AvgIpc) is 3.02. The Balaban J connectivity index is 1.55. The van der Waals surface area contributed by atoms with Crippen LogP contribution in [0.4, 0.5) is 0 Å². The summed E-state index contributed by atoms with van der Waals surface area (Å²) in [5, 5.41) is 0.648. The highest BCUT2D eigenvalue weighted by molar-refractivity contribution is 6.30. The Morgan fingerprint density at radius 1 is 1.20 bits per heavy atom. The van der Waals surface area contributed by atoms with E-state index in [1.165, 1.54) is 0 Å². The molecule has 0 aromatic heterocycles. The lowest BCUT2D eigenvalue weighted by Gasteiger charge is -2.23. The molecular weight excluding hydrogens is 344 g/mol. The number of esters is 1. The van der Waals surface area contributed by atoms with Crippen LogP contribution in [0.15, 0.2) is 48.5 Å². The van der Waals surface area contributed by atoms with E-state index in [9.17, 15) is 4.79 Å². The molecule has 0 radical (unpaired) electrons. The van der Waals surface area contributed by atoms with E-state index in [1.54, 1.807) is 43.5 Å². The van der Waals surface area contributed by atoms with E-state index in [1.807, 2.05) is 19.1 Å². The normalized spacial score (nSPS) is 22.6. The van der Waals surface area contributed by atoms with Crippen LogP contribution in [0.1, 0.15) is 22.8 Å². The van der Waals surface area contributed by atoms with Crippen molar-refractivity contribution in [1.82, 2.24) is 0 Å². The SMILES string of the molecule is COc1ccc(C(=O)OC[C@@H]2CO[C@@](C)(c3ccc(Cl)cc3)O2)cc1. The molecule has 0 spiro atoms. The molecule has 1 saturated heterocycles. The molecule has 0 amide bonds. The van der Waals surface area contributed by atoms with E-state index < -0.39 is 11.8 Å². The summed E-state index contributed by atoms with van der Waals surface area (Å²) in [6.45, 7) is 2.30. The molecule has 0 aliphatic carbocycles. The molecule has 25 heavy (non-hydrogen) atoms. The number of benzene rings is 2. The Labute approximate surface area is 151 Å². The van der Waals surface area contributed by atoms with Crippen LogP contribution in [-0.2, 0) is 20.0 Å². The van der Waals surface area contributed by atoms with Crippen molar-refractivity contribution in [2.75, 3.05) is 20.3 Å². The summed E-state index contributed by atoms with van der Waals surface area (Å²) in [5.41, 5.74) is 1.32. The van der Waals surface area contributed by atoms with Crippen molar-refractivity contribution in [3.05, 3.63) is 64.7 Å². The zero-order chi connectivity index (χ0) is 17.9. The van der Waals surface area contributed by atoms with Gasteiger partial charge in [-0.15, -0.1) is 0 Å². The van der Waals surface area contributed by atoms with Crippen LogP contribution in [0.5, 0.6) is 5.75 Å². The van der Waals surface area contributed by atoms with Crippen LogP contribution in [0.25, 0.3) is 0 Å². The number of hydrogen-bond acceptors (Lipinski definition) is 5. The molecule has 6 heteroatoms. The summed E-state index contributed by atoms with van der Waals surface area (Å²) in [4.78, 5) is 12.1. The van der Waals surface area contributed by atoms with Gasteiger partial charge in [-0.05, 0) is 43.3 Å². The molecule has 0 N–H and O–H groups in total. The highest BCUT2D eigenvalue weighted by Crippen LogP contribution is 2.34. The fourth-order valence-corrected chi connectivity index (χ4v) is 2.73. The molecule has 2 atom stereocenters. The molecule has 3 rings (SSSR count). The van der Waals surface area contributed by atoms with E-state index >= 15 is 0 Å². The van der Waals surface area contributed by atoms with Crippen molar-refractivity contribution < 1.29 is 23.7 Å². The van der Waals surface area contributed by atoms with E-state index in [2.05, 4.69) is 0 Å². The number of halogens is 1. The van der Waals surface area contributed by atoms with Crippen LogP contribution < -0.4 is 4.74 Å². The molecule has 1 fully saturated rings. The van der Waals surface area contributed by atoms with Gasteiger partial charge in [-0.2, -0.15) is 0 Å². The molecule has 1 heterocycles. The van der Waals surface area contributed by atoms with E-state index in [0.717, 1.165) is 5.56 Å². The van der Waals surface area contributed by atoms with E-state index in [4.69, 9.17) is 30.5 Å². The summed E-state index contributed by atoms with van der Waals surface area (Å²) in [7, 11) is 1.57. The maximum atomic E-state index is 12.1. The summed E-state index contributed by atoms with van der Waals surface area (Å²) < 4.78 is 22.1. The van der Waals surface area contributed by atoms with Gasteiger partial charge in [0.2, 0.25) is 0 Å². The van der Waals surface area contributed by atoms with Crippen LogP contribution in [0.2, 0.25) is 5.02 Å². The quantitative estimate of drug-likeness (QED) is 0.757. The molecule has 1 aliphatic rings. The maximum Gasteiger partial charge on any atom is 0.338 e. The predicted octanol–water partition coefficient (Wildman–Crippen LogP) is 3.79. The molecule has 2 aromatic carbocycles. The first-order valence-electron chi connectivity index (χ1n) is 7.89. The third kappa shape index (κ3) is 4.12. The molecular formula is C19H19ClO5. The Kier molecular flexibility index (Phi) is 5.27. The van der Waals surface area contributed by atoms with Crippen LogP contribution >= 0.6 is 11.6 Å². The van der Waals surface area contributed by atoms with Gasteiger partial charge in [0.15, 0.2) is 5.79 Å². The molecule has 1 aliphatic heterocycles. The van der Waals surface area contributed by atoms with Gasteiger partial charge in [-0.3, -0.25) is 0 Å². The van der Waals surface area contributed by atoms with Gasteiger partial charge < -0.3 is 18.9 Å². The fourth-order valence-electron chi connectivity index (χ4n) is 2.60. The minimum atomic E-state index is -0.873. The first-order chi connectivity index (χ1) is 12.0. The minimum Gasteiger partial charge on any atom is -0.497 e. The highest BCUT2D eigenvalue weighted by atomic mass is 35.5. The molecule has 0 saturated carbocycles. The Morgan fingerprint density at radius 3 is 2.52 bits per heavy atom. The van der Waals surface area contributed by atoms with Gasteiger partial charge in [-0.25, -0.2) is 4.79 Å². The van der Waals surface area contributed by atoms with Gasteiger partial charge in [0.1, 0.15) is 18.5 Å². The first kappa shape index (κ1) is 17.7. The highest BCUT2D eigenvalue weighted by Gasteiger charge is 2.39. The summed E-state index contributed by atoms with van der Waals surface area (Å²) >= 11 is 5.91. The van der Waals surface area contributed by atoms with Crippen LogP contribution in [0.3, 0.4) is 0 Å². The molecule has 132 valence electrons. The topological polar surface area (TPSA) is 54.0 Å². The smallest absolute Gasteiger partial charge is 0.338 e. The first-order valence-corrected chi connectivity index (χ1v) is 8.27. The second-order valence-electron chi connectivity index (χ2n) is 5.83. The zero-order valence-electron chi connectivity index (χ0n) is 14.0. The van der Waals surface area contributed by atoms with Crippen molar-refractivity contribution in [3.63, 3.8) is 0 Å². The number of methoxy groups -OCH3 is 1. The Morgan fingerprint density at radius 2 is 1.88 bits per heavy atom. The van der Waals surface area contributed by atoms with Crippen LogP contribution in [0, 0.1) is 0 Å². The number of carbonyl (C=O) groups is 1. The fraction of sp³-hybridized carbons (Fsp3) is 0.316. The van der Waals surface area contributed by atoms with Gasteiger partial charge in [0, 0.05) is 10.6 Å². The monoisotopic (exact) mass is 362 g/mol. The average molecular weight is 363 g/mol. The number of ether oxygens (including phenoxy) is 4. The van der Waals surface area contributed by atoms with E-state index in [0.29, 0.717) is 22.9 Å². The van der Waals surface area contributed by atoms with Crippen molar-refractivity contribution in [2.24, 2.45) is 0 Å². The second-order valence-corrected chi connectivity index (χ2v) is 6.27. The molecule has 2 aromatic rings. The maximum absolute atomic E-state index is 12.1. The third-order valence-corrected chi connectivity index (χ3v) is 4.28.